The van der Waals surface area contributed by atoms with Gasteiger partial charge in [0.2, 0.25) is 17.8 Å². The number of benzene rings is 2. The van der Waals surface area contributed by atoms with Crippen molar-refractivity contribution in [2.24, 2.45) is 0 Å². The number of aromatic nitrogens is 5. The highest BCUT2D eigenvalue weighted by Crippen LogP contribution is 2.32. The normalized spacial score (nSPS) is 17.1. The Morgan fingerprint density at radius 1 is 0.980 bits per heavy atom. The molecule has 0 spiro atoms. The van der Waals surface area contributed by atoms with Crippen LogP contribution in [-0.4, -0.2) is 67.4 Å². The third-order valence-corrected chi connectivity index (χ3v) is 9.99. The molecule has 3 aromatic heterocycles. The first kappa shape index (κ1) is 34.2. The molecule has 2 saturated heterocycles. The summed E-state index contributed by atoms with van der Waals surface area (Å²) in [6.07, 6.45) is 5.69. The van der Waals surface area contributed by atoms with Crippen LogP contribution in [0.5, 0.6) is 0 Å². The maximum Gasteiger partial charge on any atom is 0.234 e. The third-order valence-electron chi connectivity index (χ3n) is 9.99. The molecule has 0 aliphatic carbocycles. The maximum absolute atomic E-state index is 15.1. The van der Waals surface area contributed by atoms with Crippen molar-refractivity contribution in [1.29, 1.82) is 0 Å². The van der Waals surface area contributed by atoms with Gasteiger partial charge in [-0.1, -0.05) is 24.3 Å². The summed E-state index contributed by atoms with van der Waals surface area (Å²) in [7, 11) is 2.13. The average molecular weight is 694 g/mol. The molecule has 1 unspecified atom stereocenters. The van der Waals surface area contributed by atoms with Crippen molar-refractivity contribution in [2.75, 3.05) is 30.4 Å². The quantitative estimate of drug-likeness (QED) is 0.169. The summed E-state index contributed by atoms with van der Waals surface area (Å²) in [4.78, 5) is 46.4. The summed E-state index contributed by atoms with van der Waals surface area (Å²) in [5.74, 6) is -0.610. The lowest BCUT2D eigenvalue weighted by Crippen LogP contribution is -2.43. The minimum Gasteiger partial charge on any atom is -0.370 e. The number of amides is 2. The molecule has 7 rings (SSSR count). The molecular weight excluding hydrogens is 652 g/mol. The number of hydrogen-bond donors (Lipinski definition) is 2. The van der Waals surface area contributed by atoms with E-state index >= 15 is 8.78 Å². The maximum atomic E-state index is 15.1. The van der Waals surface area contributed by atoms with Crippen molar-refractivity contribution in [2.45, 2.75) is 71.0 Å². The van der Waals surface area contributed by atoms with E-state index in [1.807, 2.05) is 55.7 Å². The van der Waals surface area contributed by atoms with E-state index < -0.39 is 11.6 Å². The van der Waals surface area contributed by atoms with Gasteiger partial charge in [-0.3, -0.25) is 19.8 Å². The molecule has 2 aliphatic rings. The Morgan fingerprint density at radius 3 is 2.49 bits per heavy atom. The summed E-state index contributed by atoms with van der Waals surface area (Å²) >= 11 is 0. The van der Waals surface area contributed by atoms with E-state index in [0.717, 1.165) is 55.5 Å². The zero-order valence-corrected chi connectivity index (χ0v) is 29.2. The minimum atomic E-state index is -0.664. The molecule has 1 atom stereocenters. The average Bonchev–Trinajstić information content (AvgIpc) is 3.46. The number of imidazole rings is 1. The highest BCUT2D eigenvalue weighted by Gasteiger charge is 2.30. The molecule has 5 heterocycles. The van der Waals surface area contributed by atoms with E-state index in [0.29, 0.717) is 41.6 Å². The molecule has 2 fully saturated rings. The van der Waals surface area contributed by atoms with Crippen LogP contribution in [0.25, 0.3) is 22.3 Å². The Morgan fingerprint density at radius 2 is 1.76 bits per heavy atom. The number of nitrogens with one attached hydrogen (secondary N) is 2. The lowest BCUT2D eigenvalue weighted by molar-refractivity contribution is -0.134. The monoisotopic (exact) mass is 693 g/mol. The Balaban J connectivity index is 0.984. The van der Waals surface area contributed by atoms with Crippen molar-refractivity contribution in [1.82, 2.24) is 34.7 Å². The highest BCUT2D eigenvalue weighted by atomic mass is 19.1. The number of pyridine rings is 1. The summed E-state index contributed by atoms with van der Waals surface area (Å²) in [6, 6.07) is 15.2. The zero-order chi connectivity index (χ0) is 35.8. The van der Waals surface area contributed by atoms with Gasteiger partial charge in [-0.05, 0) is 82.5 Å². The highest BCUT2D eigenvalue weighted by molar-refractivity contribution is 6.01. The smallest absolute Gasteiger partial charge is 0.234 e. The van der Waals surface area contributed by atoms with Crippen LogP contribution in [0.2, 0.25) is 0 Å². The van der Waals surface area contributed by atoms with Crippen LogP contribution < -0.4 is 15.5 Å². The van der Waals surface area contributed by atoms with Gasteiger partial charge in [0.15, 0.2) is 11.6 Å². The molecule has 5 aromatic rings. The molecule has 2 N–H and O–H groups in total. The van der Waals surface area contributed by atoms with Crippen molar-refractivity contribution < 1.29 is 18.4 Å². The number of hydrogen-bond acceptors (Lipinski definition) is 9. The Labute approximate surface area is 295 Å². The van der Waals surface area contributed by atoms with Crippen LogP contribution in [-0.2, 0) is 16.1 Å². The van der Waals surface area contributed by atoms with Crippen molar-refractivity contribution in [3.63, 3.8) is 0 Å². The lowest BCUT2D eigenvalue weighted by atomic mass is 9.87. The number of carbonyl (C=O) groups excluding carboxylic acids is 2. The second kappa shape index (κ2) is 14.1. The third kappa shape index (κ3) is 7.03. The number of piperidine rings is 2. The van der Waals surface area contributed by atoms with Gasteiger partial charge in [-0.25, -0.2) is 28.7 Å². The van der Waals surface area contributed by atoms with Gasteiger partial charge in [0.1, 0.15) is 22.9 Å². The van der Waals surface area contributed by atoms with Crippen LogP contribution >= 0.6 is 0 Å². The van der Waals surface area contributed by atoms with E-state index in [1.54, 1.807) is 12.3 Å². The fourth-order valence-corrected chi connectivity index (χ4v) is 7.42. The zero-order valence-electron chi connectivity index (χ0n) is 29.2. The Kier molecular flexibility index (Phi) is 9.47. The molecule has 2 aromatic carbocycles. The van der Waals surface area contributed by atoms with Gasteiger partial charge in [0.05, 0.1) is 29.5 Å². The number of imide groups is 1. The topological polar surface area (TPSA) is 121 Å². The number of halogens is 2. The van der Waals surface area contributed by atoms with Crippen LogP contribution in [0.4, 0.5) is 26.2 Å². The van der Waals surface area contributed by atoms with E-state index in [1.165, 1.54) is 6.07 Å². The lowest BCUT2D eigenvalue weighted by Gasteiger charge is -2.38. The summed E-state index contributed by atoms with van der Waals surface area (Å²) in [6.45, 7) is 8.24. The second-order valence-corrected chi connectivity index (χ2v) is 13.7. The SMILES string of the molecule is Cc1nc2c(F)cc(-c3nc(Nc4ccc(N5CCC(N(C)Cc6ccccc6C6CCC(=O)NC6=O)CC5)cn4)ncc3F)cc2n1C(C)C. The van der Waals surface area contributed by atoms with E-state index in [2.05, 4.69) is 53.5 Å². The van der Waals surface area contributed by atoms with Gasteiger partial charge in [-0.15, -0.1) is 0 Å². The van der Waals surface area contributed by atoms with Crippen LogP contribution in [0.1, 0.15) is 68.4 Å². The molecule has 0 radical (unpaired) electrons. The van der Waals surface area contributed by atoms with E-state index in [-0.39, 0.29) is 40.9 Å². The predicted octanol–water partition coefficient (Wildman–Crippen LogP) is 6.42. The first-order valence-electron chi connectivity index (χ1n) is 17.4. The number of anilines is 3. The van der Waals surface area contributed by atoms with E-state index in [9.17, 15) is 9.59 Å². The molecule has 0 bridgehead atoms. The van der Waals surface area contributed by atoms with E-state index in [4.69, 9.17) is 0 Å². The fraction of sp³-hybridized carbons (Fsp3) is 0.368. The molecule has 11 nitrogen and oxygen atoms in total. The molecule has 264 valence electrons. The van der Waals surface area contributed by atoms with Crippen molar-refractivity contribution in [3.05, 3.63) is 89.5 Å². The molecular formula is C38H41F2N9O2. The summed E-state index contributed by atoms with van der Waals surface area (Å²) < 4.78 is 32.0. The molecule has 2 amide bonds. The largest absolute Gasteiger partial charge is 0.370 e. The van der Waals surface area contributed by atoms with Crippen LogP contribution in [0.15, 0.2) is 60.9 Å². The molecule has 51 heavy (non-hydrogen) atoms. The van der Waals surface area contributed by atoms with Gasteiger partial charge in [-0.2, -0.15) is 0 Å². The van der Waals surface area contributed by atoms with Crippen LogP contribution in [0.3, 0.4) is 0 Å². The first-order valence-corrected chi connectivity index (χ1v) is 17.4. The van der Waals surface area contributed by atoms with Gasteiger partial charge in [0.25, 0.3) is 0 Å². The van der Waals surface area contributed by atoms with Crippen molar-refractivity contribution >= 4 is 40.3 Å². The fourth-order valence-electron chi connectivity index (χ4n) is 7.42. The number of aryl methyl sites for hydroxylation is 1. The number of rotatable bonds is 9. The number of fused-ring (bicyclic) bond motifs is 1. The minimum absolute atomic E-state index is 0.0219. The Bertz CT molecular complexity index is 2090. The summed E-state index contributed by atoms with van der Waals surface area (Å²) in [5, 5.41) is 5.55. The Hall–Kier alpha value is -5.30. The first-order chi connectivity index (χ1) is 24.5. The predicted molar refractivity (Wildman–Crippen MR) is 192 cm³/mol. The van der Waals surface area contributed by atoms with Gasteiger partial charge >= 0.3 is 0 Å². The number of carbonyl (C=O) groups is 2. The number of nitrogens with zero attached hydrogens (tertiary/aromatic N) is 7. The molecule has 2 aliphatic heterocycles. The second-order valence-electron chi connectivity index (χ2n) is 13.7. The van der Waals surface area contributed by atoms with Gasteiger partial charge in [0, 0.05) is 43.7 Å². The standard InChI is InChI=1S/C38H41F2N9O2/c1-22(2)49-23(3)43-36-30(39)17-25(18-32(36)49)35-31(40)20-42-38(46-35)44-33-11-9-27(19-41-33)48-15-13-26(14-16-48)47(4)21-24-7-5-6-8-28(24)29-10-12-34(50)45-37(29)51/h5-9,11,17-20,22,26,29H,10,12-16,21H2,1-4H3,(H,45,50,51)(H,41,42,44,46). The molecule has 0 saturated carbocycles. The summed E-state index contributed by atoms with van der Waals surface area (Å²) in [5.41, 5.74) is 4.19. The van der Waals surface area contributed by atoms with Gasteiger partial charge < -0.3 is 14.8 Å². The molecule has 13 heteroatoms. The van der Waals surface area contributed by atoms with Crippen molar-refractivity contribution in [3.8, 4) is 11.3 Å². The van der Waals surface area contributed by atoms with Crippen LogP contribution in [0, 0.1) is 18.6 Å².